The first-order valence-corrected chi connectivity index (χ1v) is 11.6. The number of nitriles is 1. The van der Waals surface area contributed by atoms with Gasteiger partial charge in [-0.1, -0.05) is 32.0 Å². The van der Waals surface area contributed by atoms with Crippen LogP contribution in [-0.4, -0.2) is 19.7 Å². The van der Waals surface area contributed by atoms with Gasteiger partial charge in [0.1, 0.15) is 35.5 Å². The van der Waals surface area contributed by atoms with Crippen molar-refractivity contribution in [3.05, 3.63) is 81.4 Å². The minimum absolute atomic E-state index is 0.0296. The summed E-state index contributed by atoms with van der Waals surface area (Å²) in [5.41, 5.74) is 10.1. The van der Waals surface area contributed by atoms with Crippen LogP contribution in [0.2, 0.25) is 0 Å². The largest absolute Gasteiger partial charge is 0.496 e. The lowest BCUT2D eigenvalue weighted by molar-refractivity contribution is -0.139. The number of esters is 1. The van der Waals surface area contributed by atoms with Crippen molar-refractivity contribution in [1.29, 1.82) is 5.26 Å². The summed E-state index contributed by atoms with van der Waals surface area (Å²) in [7, 11) is 1.59. The molecule has 0 aliphatic carbocycles. The van der Waals surface area contributed by atoms with Gasteiger partial charge in [0.05, 0.1) is 25.2 Å². The summed E-state index contributed by atoms with van der Waals surface area (Å²) in [5, 5.41) is 9.85. The number of aryl methyl sites for hydroxylation is 1. The summed E-state index contributed by atoms with van der Waals surface area (Å²) in [6.07, 6.45) is 0. The lowest BCUT2D eigenvalue weighted by Crippen LogP contribution is -2.25. The van der Waals surface area contributed by atoms with Crippen LogP contribution in [0, 0.1) is 18.3 Å². The zero-order valence-corrected chi connectivity index (χ0v) is 21.1. The van der Waals surface area contributed by atoms with E-state index in [9.17, 15) is 10.1 Å². The van der Waals surface area contributed by atoms with Gasteiger partial charge in [-0.15, -0.1) is 0 Å². The highest BCUT2D eigenvalue weighted by Crippen LogP contribution is 2.41. The van der Waals surface area contributed by atoms with Gasteiger partial charge in [0.25, 0.3) is 0 Å². The van der Waals surface area contributed by atoms with Crippen LogP contribution in [0.1, 0.15) is 61.8 Å². The number of rotatable bonds is 8. The third kappa shape index (κ3) is 5.43. The summed E-state index contributed by atoms with van der Waals surface area (Å²) in [4.78, 5) is 12.8. The maximum absolute atomic E-state index is 12.8. The van der Waals surface area contributed by atoms with E-state index in [0.29, 0.717) is 23.0 Å². The van der Waals surface area contributed by atoms with Crippen LogP contribution >= 0.6 is 0 Å². The lowest BCUT2D eigenvalue weighted by Gasteiger charge is -2.27. The van der Waals surface area contributed by atoms with Crippen molar-refractivity contribution in [2.24, 2.45) is 5.73 Å². The number of methoxy groups -OCH3 is 1. The number of allylic oxidation sites excluding steroid dienone is 2. The van der Waals surface area contributed by atoms with Crippen LogP contribution in [-0.2, 0) is 20.9 Å². The van der Waals surface area contributed by atoms with E-state index >= 15 is 0 Å². The quantitative estimate of drug-likeness (QED) is 0.512. The van der Waals surface area contributed by atoms with Crippen LogP contribution in [0.5, 0.6) is 11.5 Å². The molecule has 0 amide bonds. The Morgan fingerprint density at radius 3 is 2.54 bits per heavy atom. The van der Waals surface area contributed by atoms with Gasteiger partial charge in [0, 0.05) is 5.56 Å². The molecule has 7 heteroatoms. The number of hydrogen-bond donors (Lipinski definition) is 1. The predicted molar refractivity (Wildman–Crippen MR) is 133 cm³/mol. The van der Waals surface area contributed by atoms with Crippen molar-refractivity contribution in [3.63, 3.8) is 0 Å². The van der Waals surface area contributed by atoms with Crippen LogP contribution in [0.4, 0.5) is 0 Å². The third-order valence-corrected chi connectivity index (χ3v) is 5.91. The topological polar surface area (TPSA) is 104 Å². The number of hydrogen-bond acceptors (Lipinski definition) is 7. The molecule has 2 N–H and O–H groups in total. The number of nitrogens with two attached hydrogens (primary N) is 1. The average molecular weight is 477 g/mol. The van der Waals surface area contributed by atoms with Crippen LogP contribution in [0.15, 0.2) is 59.2 Å². The Morgan fingerprint density at radius 1 is 1.17 bits per heavy atom. The second-order valence-corrected chi connectivity index (χ2v) is 8.67. The van der Waals surface area contributed by atoms with Crippen molar-refractivity contribution in [1.82, 2.24) is 0 Å². The first kappa shape index (κ1) is 25.7. The molecule has 2 aromatic carbocycles. The number of ether oxygens (including phenoxy) is 4. The van der Waals surface area contributed by atoms with Crippen molar-refractivity contribution in [2.45, 2.75) is 53.1 Å². The molecule has 1 atom stereocenters. The van der Waals surface area contributed by atoms with Crippen LogP contribution < -0.4 is 15.2 Å². The van der Waals surface area contributed by atoms with Gasteiger partial charge < -0.3 is 24.7 Å². The molecule has 0 spiro atoms. The van der Waals surface area contributed by atoms with Crippen molar-refractivity contribution in [2.75, 3.05) is 13.7 Å². The molecule has 1 heterocycles. The minimum atomic E-state index is -0.734. The molecule has 0 radical (unpaired) electrons. The normalized spacial score (nSPS) is 15.5. The molecule has 7 nitrogen and oxygen atoms in total. The Kier molecular flexibility index (Phi) is 8.08. The first-order chi connectivity index (χ1) is 16.7. The molecule has 1 unspecified atom stereocenters. The zero-order chi connectivity index (χ0) is 25.7. The van der Waals surface area contributed by atoms with E-state index < -0.39 is 11.9 Å². The molecule has 1 aliphatic rings. The highest BCUT2D eigenvalue weighted by atomic mass is 16.5. The van der Waals surface area contributed by atoms with Crippen LogP contribution in [0.25, 0.3) is 0 Å². The number of carbonyl (C=O) groups excluding carboxylic acids is 1. The smallest absolute Gasteiger partial charge is 0.338 e. The first-order valence-electron chi connectivity index (χ1n) is 11.6. The number of benzene rings is 2. The van der Waals surface area contributed by atoms with Crippen molar-refractivity contribution >= 4 is 5.97 Å². The Labute approximate surface area is 206 Å². The molecule has 1 aliphatic heterocycles. The monoisotopic (exact) mass is 476 g/mol. The summed E-state index contributed by atoms with van der Waals surface area (Å²) >= 11 is 0. The molecule has 3 rings (SSSR count). The SMILES string of the molecule is CCOC(=O)C1=C(C)OC(N)=C(C#N)C1c1ccc(OC)c(COc2cc(C)ccc2C(C)C)c1. The van der Waals surface area contributed by atoms with E-state index in [4.69, 9.17) is 24.7 Å². The fourth-order valence-electron chi connectivity index (χ4n) is 4.18. The molecule has 0 saturated carbocycles. The summed E-state index contributed by atoms with van der Waals surface area (Å²) in [5.74, 6) is 0.732. The summed E-state index contributed by atoms with van der Waals surface area (Å²) in [6.45, 7) is 10.1. The predicted octanol–water partition coefficient (Wildman–Crippen LogP) is 5.35. The summed E-state index contributed by atoms with van der Waals surface area (Å²) in [6, 6.07) is 13.8. The van der Waals surface area contributed by atoms with E-state index in [1.165, 1.54) is 0 Å². The fraction of sp³-hybridized carbons (Fsp3) is 0.357. The molecule has 184 valence electrons. The Morgan fingerprint density at radius 2 is 1.91 bits per heavy atom. The van der Waals surface area contributed by atoms with Gasteiger partial charge in [-0.2, -0.15) is 5.26 Å². The van der Waals surface area contributed by atoms with Gasteiger partial charge in [-0.05, 0) is 61.6 Å². The maximum atomic E-state index is 12.8. The Hall–Kier alpha value is -3.92. The van der Waals surface area contributed by atoms with Gasteiger partial charge in [-0.25, -0.2) is 4.79 Å². The van der Waals surface area contributed by atoms with Crippen molar-refractivity contribution < 1.29 is 23.7 Å². The molecule has 2 aromatic rings. The van der Waals surface area contributed by atoms with Gasteiger partial charge in [-0.3, -0.25) is 0 Å². The molecule has 0 bridgehead atoms. The lowest BCUT2D eigenvalue weighted by atomic mass is 9.82. The number of nitrogens with zero attached hydrogens (tertiary/aromatic N) is 1. The highest BCUT2D eigenvalue weighted by molar-refractivity contribution is 5.92. The molecular weight excluding hydrogens is 444 g/mol. The molecule has 0 fully saturated rings. The van der Waals surface area contributed by atoms with Crippen molar-refractivity contribution in [3.8, 4) is 17.6 Å². The number of carbonyl (C=O) groups is 1. The Balaban J connectivity index is 2.05. The van der Waals surface area contributed by atoms with E-state index in [0.717, 1.165) is 22.4 Å². The summed E-state index contributed by atoms with van der Waals surface area (Å²) < 4.78 is 22.6. The average Bonchev–Trinajstić information content (AvgIpc) is 2.82. The standard InChI is InChI=1S/C28H32N2O5/c1-7-33-28(31)25-18(5)35-27(30)22(14-29)26(25)19-9-11-23(32-6)20(13-19)15-34-24-12-17(4)8-10-21(24)16(2)3/h8-13,16,26H,7,15,30H2,1-6H3. The van der Waals surface area contributed by atoms with Gasteiger partial charge in [0.15, 0.2) is 0 Å². The molecule has 35 heavy (non-hydrogen) atoms. The van der Waals surface area contributed by atoms with Crippen LogP contribution in [0.3, 0.4) is 0 Å². The Bertz CT molecular complexity index is 1220. The maximum Gasteiger partial charge on any atom is 0.338 e. The second kappa shape index (κ2) is 11.0. The van der Waals surface area contributed by atoms with Gasteiger partial charge in [0.2, 0.25) is 5.88 Å². The molecule has 0 aromatic heterocycles. The van der Waals surface area contributed by atoms with E-state index in [1.807, 2.05) is 25.1 Å². The minimum Gasteiger partial charge on any atom is -0.496 e. The molecule has 0 saturated heterocycles. The van der Waals surface area contributed by atoms with E-state index in [1.54, 1.807) is 27.0 Å². The third-order valence-electron chi connectivity index (χ3n) is 5.91. The van der Waals surface area contributed by atoms with Gasteiger partial charge >= 0.3 is 5.97 Å². The fourth-order valence-corrected chi connectivity index (χ4v) is 4.18. The molecular formula is C28H32N2O5. The van der Waals surface area contributed by atoms with E-state index in [-0.39, 0.29) is 30.2 Å². The second-order valence-electron chi connectivity index (χ2n) is 8.67. The highest BCUT2D eigenvalue weighted by Gasteiger charge is 2.36. The zero-order valence-electron chi connectivity index (χ0n) is 21.1. The van der Waals surface area contributed by atoms with E-state index in [2.05, 4.69) is 32.0 Å².